The first-order chi connectivity index (χ1) is 22.2. The maximum atomic E-state index is 14.1. The lowest BCUT2D eigenvalue weighted by Gasteiger charge is -2.26. The molecule has 0 unspecified atom stereocenters. The summed E-state index contributed by atoms with van der Waals surface area (Å²) >= 11 is 4.79. The second-order valence-electron chi connectivity index (χ2n) is 10.0. The third-order valence-electron chi connectivity index (χ3n) is 7.26. The van der Waals surface area contributed by atoms with Gasteiger partial charge in [0.2, 0.25) is 0 Å². The van der Waals surface area contributed by atoms with E-state index < -0.39 is 12.0 Å². The van der Waals surface area contributed by atoms with E-state index in [1.807, 2.05) is 18.2 Å². The molecule has 1 atom stereocenters. The minimum absolute atomic E-state index is 0.159. The van der Waals surface area contributed by atoms with Crippen LogP contribution in [0.25, 0.3) is 6.08 Å². The molecule has 10 nitrogen and oxygen atoms in total. The number of carbonyl (C=O) groups is 1. The molecule has 236 valence electrons. The average Bonchev–Trinajstić information content (AvgIpc) is 3.36. The molecule has 0 fully saturated rings. The fourth-order valence-corrected chi connectivity index (χ4v) is 6.71. The topological polar surface area (TPSA) is 121 Å². The van der Waals surface area contributed by atoms with E-state index in [0.717, 1.165) is 5.56 Å². The lowest BCUT2D eigenvalue weighted by atomic mass is 9.94. The monoisotopic (exact) mass is 703 g/mol. The number of hydrogen-bond donors (Lipinski definition) is 0. The van der Waals surface area contributed by atoms with Crippen LogP contribution in [0, 0.1) is 11.3 Å². The first-order valence-corrected chi connectivity index (χ1v) is 15.7. The third kappa shape index (κ3) is 6.42. The molecule has 1 aliphatic heterocycles. The molecule has 0 bridgehead atoms. The molecule has 0 saturated heterocycles. The molecule has 0 spiro atoms. The minimum atomic E-state index is -0.873. The number of rotatable bonds is 10. The molecular weight excluding hydrogens is 674 g/mol. The van der Waals surface area contributed by atoms with Gasteiger partial charge in [-0.2, -0.15) is 5.26 Å². The van der Waals surface area contributed by atoms with Crippen LogP contribution in [0.4, 0.5) is 0 Å². The zero-order valence-electron chi connectivity index (χ0n) is 25.8. The van der Waals surface area contributed by atoms with Crippen LogP contribution in [0.2, 0.25) is 0 Å². The summed E-state index contributed by atoms with van der Waals surface area (Å²) in [7, 11) is 4.61. The largest absolute Gasteiger partial charge is 0.497 e. The molecule has 46 heavy (non-hydrogen) atoms. The van der Waals surface area contributed by atoms with Gasteiger partial charge >= 0.3 is 5.97 Å². The van der Waals surface area contributed by atoms with E-state index in [2.05, 4.69) is 27.0 Å². The second kappa shape index (κ2) is 14.1. The number of carbonyl (C=O) groups excluding carboxylic acids is 1. The highest BCUT2D eigenvalue weighted by Gasteiger charge is 2.35. The SMILES string of the molecule is CCOC(=O)C1=C(C)N=c2s/c(=C/c3cc(Br)c(OCc4ccc(C#N)cc4)c(OC)c3)c(=O)n2[C@@H]1c1cc(OC)ccc1OC. The number of methoxy groups -OCH3 is 3. The van der Waals surface area contributed by atoms with Gasteiger partial charge in [-0.05, 0) is 89.4 Å². The van der Waals surface area contributed by atoms with E-state index in [9.17, 15) is 9.59 Å². The van der Waals surface area contributed by atoms with E-state index in [1.54, 1.807) is 63.4 Å². The molecule has 1 aromatic heterocycles. The van der Waals surface area contributed by atoms with Crippen molar-refractivity contribution in [3.63, 3.8) is 0 Å². The van der Waals surface area contributed by atoms with Gasteiger partial charge in [0.05, 0.1) is 59.8 Å². The number of aromatic nitrogens is 1. The second-order valence-corrected chi connectivity index (χ2v) is 11.9. The van der Waals surface area contributed by atoms with Crippen molar-refractivity contribution in [1.29, 1.82) is 5.26 Å². The van der Waals surface area contributed by atoms with Crippen LogP contribution in [-0.2, 0) is 16.1 Å². The number of allylic oxidation sites excluding steroid dienone is 1. The lowest BCUT2D eigenvalue weighted by molar-refractivity contribution is -0.139. The van der Waals surface area contributed by atoms with Crippen LogP contribution >= 0.6 is 27.3 Å². The highest BCUT2D eigenvalue weighted by molar-refractivity contribution is 9.10. The normalized spacial score (nSPS) is 14.2. The summed E-state index contributed by atoms with van der Waals surface area (Å²) in [6.45, 7) is 3.86. The number of benzene rings is 3. The average molecular weight is 705 g/mol. The summed E-state index contributed by atoms with van der Waals surface area (Å²) in [5.41, 5.74) is 3.02. The van der Waals surface area contributed by atoms with E-state index in [1.165, 1.54) is 30.1 Å². The Hall–Kier alpha value is -4.86. The summed E-state index contributed by atoms with van der Waals surface area (Å²) in [6.07, 6.45) is 1.74. The third-order valence-corrected chi connectivity index (χ3v) is 8.84. The lowest BCUT2D eigenvalue weighted by Crippen LogP contribution is -2.40. The highest BCUT2D eigenvalue weighted by Crippen LogP contribution is 2.39. The van der Waals surface area contributed by atoms with E-state index in [4.69, 9.17) is 28.9 Å². The Balaban J connectivity index is 1.60. The predicted molar refractivity (Wildman–Crippen MR) is 176 cm³/mol. The van der Waals surface area contributed by atoms with Gasteiger partial charge in [-0.25, -0.2) is 9.79 Å². The summed E-state index contributed by atoms with van der Waals surface area (Å²) in [5.74, 6) is 1.39. The summed E-state index contributed by atoms with van der Waals surface area (Å²) in [4.78, 5) is 32.5. The van der Waals surface area contributed by atoms with Gasteiger partial charge in [0, 0.05) is 5.56 Å². The number of fused-ring (bicyclic) bond motifs is 1. The number of halogens is 1. The molecular formula is C34H30BrN3O7S. The van der Waals surface area contributed by atoms with E-state index in [-0.39, 0.29) is 24.3 Å². The van der Waals surface area contributed by atoms with Crippen LogP contribution < -0.4 is 33.8 Å². The van der Waals surface area contributed by atoms with Crippen LogP contribution in [0.15, 0.2) is 80.1 Å². The Morgan fingerprint density at radius 1 is 1.07 bits per heavy atom. The van der Waals surface area contributed by atoms with Gasteiger partial charge < -0.3 is 23.7 Å². The maximum absolute atomic E-state index is 14.1. The van der Waals surface area contributed by atoms with Gasteiger partial charge in [-0.15, -0.1) is 0 Å². The minimum Gasteiger partial charge on any atom is -0.497 e. The van der Waals surface area contributed by atoms with Crippen molar-refractivity contribution < 1.29 is 28.5 Å². The van der Waals surface area contributed by atoms with Crippen molar-refractivity contribution in [3.8, 4) is 29.1 Å². The summed E-state index contributed by atoms with van der Waals surface area (Å²) in [6, 6.07) is 17.2. The number of hydrogen-bond acceptors (Lipinski definition) is 10. The van der Waals surface area contributed by atoms with Crippen molar-refractivity contribution in [2.75, 3.05) is 27.9 Å². The van der Waals surface area contributed by atoms with E-state index in [0.29, 0.717) is 59.2 Å². The first-order valence-electron chi connectivity index (χ1n) is 14.1. The zero-order valence-corrected chi connectivity index (χ0v) is 28.2. The van der Waals surface area contributed by atoms with Crippen LogP contribution in [0.3, 0.4) is 0 Å². The first kappa shape index (κ1) is 32.5. The molecule has 3 aromatic carbocycles. The molecule has 2 heterocycles. The van der Waals surface area contributed by atoms with Gasteiger partial charge in [0.15, 0.2) is 16.3 Å². The number of thiazole rings is 1. The molecule has 0 aliphatic carbocycles. The van der Waals surface area contributed by atoms with Gasteiger partial charge in [-0.3, -0.25) is 9.36 Å². The summed E-state index contributed by atoms with van der Waals surface area (Å²) < 4.78 is 30.8. The zero-order chi connectivity index (χ0) is 33.0. The fraction of sp³-hybridized carbons (Fsp3) is 0.235. The van der Waals surface area contributed by atoms with Gasteiger partial charge in [0.1, 0.15) is 24.1 Å². The molecule has 5 rings (SSSR count). The summed E-state index contributed by atoms with van der Waals surface area (Å²) in [5, 5.41) is 9.05. The van der Waals surface area contributed by atoms with Crippen molar-refractivity contribution >= 4 is 39.3 Å². The van der Waals surface area contributed by atoms with Crippen molar-refractivity contribution in [2.24, 2.45) is 4.99 Å². The number of esters is 1. The van der Waals surface area contributed by atoms with Crippen LogP contribution in [0.5, 0.6) is 23.0 Å². The molecule has 0 radical (unpaired) electrons. The Morgan fingerprint density at radius 3 is 2.46 bits per heavy atom. The van der Waals surface area contributed by atoms with Crippen molar-refractivity contribution in [3.05, 3.63) is 112 Å². The van der Waals surface area contributed by atoms with Gasteiger partial charge in [-0.1, -0.05) is 23.5 Å². The Kier molecular flexibility index (Phi) is 9.94. The molecule has 4 aromatic rings. The molecule has 0 N–H and O–H groups in total. The Morgan fingerprint density at radius 2 is 1.80 bits per heavy atom. The molecule has 0 amide bonds. The van der Waals surface area contributed by atoms with E-state index >= 15 is 0 Å². The number of ether oxygens (including phenoxy) is 5. The predicted octanol–water partition coefficient (Wildman–Crippen LogP) is 5.04. The molecule has 12 heteroatoms. The van der Waals surface area contributed by atoms with Crippen LogP contribution in [-0.4, -0.2) is 38.5 Å². The maximum Gasteiger partial charge on any atom is 0.338 e. The number of nitrogens with zero attached hydrogens (tertiary/aromatic N) is 3. The van der Waals surface area contributed by atoms with Gasteiger partial charge in [0.25, 0.3) is 5.56 Å². The van der Waals surface area contributed by atoms with Crippen molar-refractivity contribution in [1.82, 2.24) is 4.57 Å². The molecule has 0 saturated carbocycles. The smallest absolute Gasteiger partial charge is 0.338 e. The Labute approximate surface area is 277 Å². The van der Waals surface area contributed by atoms with Crippen LogP contribution in [0.1, 0.15) is 42.1 Å². The standard InChI is InChI=1S/C34H30BrN3O7S/c1-6-44-33(40)29-19(2)37-34-38(30(29)24-16-23(41-3)11-12-26(24)42-4)32(39)28(46-34)15-22-13-25(35)31(27(14-22)43-5)45-18-21-9-7-20(17-36)8-10-21/h7-16,30H,6,18H2,1-5H3/b28-15+/t30-/m1/s1. The Bertz CT molecular complexity index is 2060. The molecule has 1 aliphatic rings. The quantitative estimate of drug-likeness (QED) is 0.211. The highest BCUT2D eigenvalue weighted by atomic mass is 79.9. The fourth-order valence-electron chi connectivity index (χ4n) is 5.08. The van der Waals surface area contributed by atoms with Crippen molar-refractivity contribution in [2.45, 2.75) is 26.5 Å². The number of nitriles is 1.